The van der Waals surface area contributed by atoms with Crippen molar-refractivity contribution in [3.8, 4) is 11.8 Å². The molecule has 0 aliphatic carbocycles. The van der Waals surface area contributed by atoms with Crippen molar-refractivity contribution in [3.05, 3.63) is 0 Å². The van der Waals surface area contributed by atoms with E-state index in [1.807, 2.05) is 6.92 Å². The van der Waals surface area contributed by atoms with Crippen molar-refractivity contribution in [2.45, 2.75) is 32.4 Å². The molecule has 0 saturated carbocycles. The van der Waals surface area contributed by atoms with Crippen LogP contribution in [0.15, 0.2) is 0 Å². The van der Waals surface area contributed by atoms with Gasteiger partial charge in [-0.15, -0.1) is 0 Å². The third-order valence-corrected chi connectivity index (χ3v) is 2.77. The highest BCUT2D eigenvalue weighted by atomic mass is 16.5. The molecule has 0 aromatic rings. The van der Waals surface area contributed by atoms with E-state index in [1.54, 1.807) is 18.9 Å². The number of carbonyl (C=O) groups excluding carboxylic acids is 1. The number of carbonyl (C=O) groups is 1. The Morgan fingerprint density at radius 3 is 2.88 bits per heavy atom. The molecule has 1 fully saturated rings. The summed E-state index contributed by atoms with van der Waals surface area (Å²) >= 11 is 0. The molecule has 16 heavy (non-hydrogen) atoms. The van der Waals surface area contributed by atoms with Crippen LogP contribution in [0.2, 0.25) is 0 Å². The topological polar surface area (TPSA) is 38.8 Å². The maximum absolute atomic E-state index is 11.8. The molecule has 1 saturated heterocycles. The number of rotatable bonds is 4. The summed E-state index contributed by atoms with van der Waals surface area (Å²) in [5, 5.41) is 0. The highest BCUT2D eigenvalue weighted by molar-refractivity contribution is 5.93. The fraction of sp³-hybridized carbons (Fsp3) is 0.750. The number of nitrogens with zero attached hydrogens (tertiary/aromatic N) is 1. The Hall–Kier alpha value is -1.05. The predicted octanol–water partition coefficient (Wildman–Crippen LogP) is 0.662. The quantitative estimate of drug-likeness (QED) is 0.660. The molecule has 0 aromatic carbocycles. The van der Waals surface area contributed by atoms with Gasteiger partial charge in [-0.05, 0) is 26.2 Å². The molecule has 0 bridgehead atoms. The molecule has 1 rings (SSSR count). The molecule has 0 aromatic heterocycles. The van der Waals surface area contributed by atoms with Gasteiger partial charge in [0.05, 0.1) is 18.8 Å². The smallest absolute Gasteiger partial charge is 0.298 e. The van der Waals surface area contributed by atoms with Gasteiger partial charge in [0, 0.05) is 20.3 Å². The summed E-state index contributed by atoms with van der Waals surface area (Å²) in [5.74, 6) is 5.08. The lowest BCUT2D eigenvalue weighted by Crippen LogP contribution is -2.45. The summed E-state index contributed by atoms with van der Waals surface area (Å²) in [4.78, 5) is 13.6. The molecule has 1 aliphatic rings. The number of ether oxygens (including phenoxy) is 2. The second-order valence-corrected chi connectivity index (χ2v) is 3.80. The normalized spacial score (nSPS) is 23.7. The van der Waals surface area contributed by atoms with E-state index in [9.17, 15) is 4.79 Å². The van der Waals surface area contributed by atoms with E-state index in [1.165, 1.54) is 0 Å². The summed E-state index contributed by atoms with van der Waals surface area (Å²) in [5.41, 5.74) is 0. The van der Waals surface area contributed by atoms with Gasteiger partial charge in [-0.1, -0.05) is 5.92 Å². The molecule has 2 atom stereocenters. The van der Waals surface area contributed by atoms with Crippen LogP contribution >= 0.6 is 0 Å². The minimum absolute atomic E-state index is 0.0828. The van der Waals surface area contributed by atoms with E-state index in [0.717, 1.165) is 6.42 Å². The monoisotopic (exact) mass is 225 g/mol. The lowest BCUT2D eigenvalue weighted by atomic mass is 10.1. The van der Waals surface area contributed by atoms with E-state index >= 15 is 0 Å². The second-order valence-electron chi connectivity index (χ2n) is 3.80. The zero-order chi connectivity index (χ0) is 12.0. The molecule has 0 radical (unpaired) electrons. The Bertz CT molecular complexity index is 292. The van der Waals surface area contributed by atoms with Crippen LogP contribution in [-0.4, -0.2) is 49.8 Å². The van der Waals surface area contributed by atoms with Crippen LogP contribution in [0.3, 0.4) is 0 Å². The van der Waals surface area contributed by atoms with Crippen molar-refractivity contribution in [2.75, 3.05) is 26.9 Å². The number of hydrogen-bond acceptors (Lipinski definition) is 3. The largest absolute Gasteiger partial charge is 0.383 e. The second kappa shape index (κ2) is 6.51. The van der Waals surface area contributed by atoms with Crippen LogP contribution in [0.4, 0.5) is 0 Å². The van der Waals surface area contributed by atoms with Crippen LogP contribution in [0, 0.1) is 11.8 Å². The van der Waals surface area contributed by atoms with Crippen molar-refractivity contribution in [1.82, 2.24) is 4.90 Å². The number of methoxy groups -OCH3 is 1. The molecule has 0 N–H and O–H groups in total. The third kappa shape index (κ3) is 3.22. The maximum Gasteiger partial charge on any atom is 0.298 e. The van der Waals surface area contributed by atoms with Crippen LogP contribution < -0.4 is 0 Å². The molecular formula is C12H19NO3. The standard InChI is InChI=1S/C12H19NO3/c1-4-5-12(14)13(7-9-15-3)11-6-8-16-10(11)2/h10-11H,6-9H2,1-3H3. The van der Waals surface area contributed by atoms with E-state index in [0.29, 0.717) is 19.8 Å². The Morgan fingerprint density at radius 1 is 1.62 bits per heavy atom. The van der Waals surface area contributed by atoms with Crippen LogP contribution in [0.25, 0.3) is 0 Å². The number of hydrogen-bond donors (Lipinski definition) is 0. The van der Waals surface area contributed by atoms with Crippen molar-refractivity contribution in [3.63, 3.8) is 0 Å². The van der Waals surface area contributed by atoms with E-state index in [2.05, 4.69) is 11.8 Å². The molecule has 1 amide bonds. The first kappa shape index (κ1) is 13.0. The average Bonchev–Trinajstić information content (AvgIpc) is 2.66. The Kier molecular flexibility index (Phi) is 5.30. The first-order chi connectivity index (χ1) is 7.70. The molecule has 4 heteroatoms. The summed E-state index contributed by atoms with van der Waals surface area (Å²) < 4.78 is 10.5. The molecule has 90 valence electrons. The first-order valence-corrected chi connectivity index (χ1v) is 5.54. The Balaban J connectivity index is 2.68. The van der Waals surface area contributed by atoms with Gasteiger partial charge in [-0.25, -0.2) is 0 Å². The van der Waals surface area contributed by atoms with Gasteiger partial charge in [0.2, 0.25) is 0 Å². The van der Waals surface area contributed by atoms with Crippen LogP contribution in [0.5, 0.6) is 0 Å². The first-order valence-electron chi connectivity index (χ1n) is 5.54. The summed E-state index contributed by atoms with van der Waals surface area (Å²) in [6, 6.07) is 0.128. The van der Waals surface area contributed by atoms with Gasteiger partial charge in [0.15, 0.2) is 0 Å². The van der Waals surface area contributed by atoms with Gasteiger partial charge in [-0.3, -0.25) is 4.79 Å². The molecular weight excluding hydrogens is 206 g/mol. The summed E-state index contributed by atoms with van der Waals surface area (Å²) in [7, 11) is 1.63. The van der Waals surface area contributed by atoms with Gasteiger partial charge in [-0.2, -0.15) is 0 Å². The zero-order valence-corrected chi connectivity index (χ0v) is 10.2. The van der Waals surface area contributed by atoms with Crippen LogP contribution in [0.1, 0.15) is 20.3 Å². The van der Waals surface area contributed by atoms with Gasteiger partial charge in [0.1, 0.15) is 0 Å². The molecule has 1 aliphatic heterocycles. The van der Waals surface area contributed by atoms with Gasteiger partial charge < -0.3 is 14.4 Å². The maximum atomic E-state index is 11.8. The molecule has 1 heterocycles. The highest BCUT2D eigenvalue weighted by Gasteiger charge is 2.32. The Morgan fingerprint density at radius 2 is 2.38 bits per heavy atom. The fourth-order valence-electron chi connectivity index (χ4n) is 1.92. The minimum atomic E-state index is -0.137. The highest BCUT2D eigenvalue weighted by Crippen LogP contribution is 2.19. The van der Waals surface area contributed by atoms with E-state index in [-0.39, 0.29) is 18.1 Å². The minimum Gasteiger partial charge on any atom is -0.383 e. The average molecular weight is 225 g/mol. The predicted molar refractivity (Wildman–Crippen MR) is 60.9 cm³/mol. The van der Waals surface area contributed by atoms with Crippen molar-refractivity contribution in [2.24, 2.45) is 0 Å². The fourth-order valence-corrected chi connectivity index (χ4v) is 1.92. The lowest BCUT2D eigenvalue weighted by Gasteiger charge is -2.28. The third-order valence-electron chi connectivity index (χ3n) is 2.77. The van der Waals surface area contributed by atoms with Crippen molar-refractivity contribution < 1.29 is 14.3 Å². The lowest BCUT2D eigenvalue weighted by molar-refractivity contribution is -0.129. The molecule has 4 nitrogen and oxygen atoms in total. The SMILES string of the molecule is CC#CC(=O)N(CCOC)C1CCOC1C. The van der Waals surface area contributed by atoms with Crippen molar-refractivity contribution >= 4 is 5.91 Å². The number of amides is 1. The van der Waals surface area contributed by atoms with Crippen LogP contribution in [-0.2, 0) is 14.3 Å². The van der Waals surface area contributed by atoms with Crippen molar-refractivity contribution in [1.29, 1.82) is 0 Å². The van der Waals surface area contributed by atoms with E-state index < -0.39 is 0 Å². The molecule has 0 spiro atoms. The summed E-state index contributed by atoms with van der Waals surface area (Å²) in [6.45, 7) is 5.47. The van der Waals surface area contributed by atoms with E-state index in [4.69, 9.17) is 9.47 Å². The van der Waals surface area contributed by atoms with Gasteiger partial charge >= 0.3 is 0 Å². The Labute approximate surface area is 96.9 Å². The summed E-state index contributed by atoms with van der Waals surface area (Å²) in [6.07, 6.45) is 0.960. The zero-order valence-electron chi connectivity index (χ0n) is 10.2. The molecule has 2 unspecified atom stereocenters. The van der Waals surface area contributed by atoms with Gasteiger partial charge in [0.25, 0.3) is 5.91 Å².